The molecule has 29 heavy (non-hydrogen) atoms. The van der Waals surface area contributed by atoms with Gasteiger partial charge in [0.05, 0.1) is 0 Å². The Morgan fingerprint density at radius 2 is 1.45 bits per heavy atom. The first-order valence-corrected chi connectivity index (χ1v) is 11.9. The van der Waals surface area contributed by atoms with Gasteiger partial charge in [-0.15, -0.1) is 0 Å². The van der Waals surface area contributed by atoms with Crippen LogP contribution in [0.4, 0.5) is 0 Å². The average molecular weight is 400 g/mol. The summed E-state index contributed by atoms with van der Waals surface area (Å²) in [6.45, 7) is 8.38. The fourth-order valence-corrected chi connectivity index (χ4v) is 4.64. The molecule has 0 spiro atoms. The number of amides is 1. The molecular formula is C26H41NO2. The van der Waals surface area contributed by atoms with Crippen LogP contribution in [0, 0.1) is 11.8 Å². The van der Waals surface area contributed by atoms with Crippen molar-refractivity contribution >= 4 is 11.7 Å². The van der Waals surface area contributed by atoms with Crippen molar-refractivity contribution in [1.82, 2.24) is 4.90 Å². The number of unbranched alkanes of at least 4 members (excludes halogenated alkanes) is 6. The Bertz CT molecular complexity index is 604. The average Bonchev–Trinajstić information content (AvgIpc) is 2.68. The zero-order valence-electron chi connectivity index (χ0n) is 18.9. The van der Waals surface area contributed by atoms with Crippen LogP contribution in [0.25, 0.3) is 0 Å². The molecule has 162 valence electrons. The molecule has 1 amide bonds. The smallest absolute Gasteiger partial charge is 0.222 e. The van der Waals surface area contributed by atoms with E-state index < -0.39 is 0 Å². The standard InChI is InChI=1S/C26H41NO2/c1-4-24(28)17-13-8-6-5-7-9-14-18-25(29)27-19-23(20-27)26(21(2)3)22-15-11-10-12-16-22/h10-12,15-16,21,23,26H,4-9,13-14,17-20H2,1-3H3/t26-/m1/s1. The molecule has 2 rings (SSSR count). The second kappa shape index (κ2) is 12.8. The maximum absolute atomic E-state index is 12.5. The minimum absolute atomic E-state index is 0.342. The number of benzene rings is 1. The number of likely N-dealkylation sites (tertiary alicyclic amines) is 1. The van der Waals surface area contributed by atoms with E-state index in [1.807, 2.05) is 6.92 Å². The third kappa shape index (κ3) is 7.95. The van der Waals surface area contributed by atoms with Gasteiger partial charge in [0, 0.05) is 38.3 Å². The van der Waals surface area contributed by atoms with Gasteiger partial charge in [-0.25, -0.2) is 0 Å². The van der Waals surface area contributed by atoms with Gasteiger partial charge in [0.25, 0.3) is 0 Å². The molecule has 3 nitrogen and oxygen atoms in total. The molecule has 1 aromatic carbocycles. The molecule has 0 aromatic heterocycles. The molecule has 1 aliphatic rings. The zero-order valence-corrected chi connectivity index (χ0v) is 18.9. The molecule has 0 aliphatic carbocycles. The van der Waals surface area contributed by atoms with Crippen molar-refractivity contribution in [1.29, 1.82) is 0 Å². The maximum Gasteiger partial charge on any atom is 0.222 e. The van der Waals surface area contributed by atoms with Crippen molar-refractivity contribution in [3.63, 3.8) is 0 Å². The van der Waals surface area contributed by atoms with Crippen LogP contribution in [0.2, 0.25) is 0 Å². The first kappa shape index (κ1) is 23.6. The van der Waals surface area contributed by atoms with Gasteiger partial charge in [-0.2, -0.15) is 0 Å². The molecule has 0 radical (unpaired) electrons. The highest BCUT2D eigenvalue weighted by Gasteiger charge is 2.37. The molecule has 0 unspecified atom stereocenters. The second-order valence-corrected chi connectivity index (χ2v) is 9.11. The minimum atomic E-state index is 0.342. The van der Waals surface area contributed by atoms with Gasteiger partial charge in [0.2, 0.25) is 5.91 Å². The predicted octanol–water partition coefficient (Wildman–Crippen LogP) is 6.37. The van der Waals surface area contributed by atoms with Crippen LogP contribution in [0.5, 0.6) is 0 Å². The summed E-state index contributed by atoms with van der Waals surface area (Å²) in [5, 5.41) is 0. The van der Waals surface area contributed by atoms with Gasteiger partial charge in [-0.1, -0.05) is 83.2 Å². The van der Waals surface area contributed by atoms with Gasteiger partial charge in [-0.3, -0.25) is 9.59 Å². The molecule has 3 heteroatoms. The third-order valence-electron chi connectivity index (χ3n) is 6.41. The van der Waals surface area contributed by atoms with Crippen molar-refractivity contribution in [3.8, 4) is 0 Å². The summed E-state index contributed by atoms with van der Waals surface area (Å²) < 4.78 is 0. The summed E-state index contributed by atoms with van der Waals surface area (Å²) in [6.07, 6.45) is 10.2. The summed E-state index contributed by atoms with van der Waals surface area (Å²) in [4.78, 5) is 25.8. The fourth-order valence-electron chi connectivity index (χ4n) is 4.64. The van der Waals surface area contributed by atoms with E-state index in [1.165, 1.54) is 24.8 Å². The van der Waals surface area contributed by atoms with E-state index in [9.17, 15) is 9.59 Å². The van der Waals surface area contributed by atoms with E-state index in [0.717, 1.165) is 45.2 Å². The highest BCUT2D eigenvalue weighted by molar-refractivity contribution is 5.78. The summed E-state index contributed by atoms with van der Waals surface area (Å²) in [5.74, 6) is 2.48. The molecule has 0 bridgehead atoms. The lowest BCUT2D eigenvalue weighted by Crippen LogP contribution is -2.52. The fraction of sp³-hybridized carbons (Fsp3) is 0.692. The Hall–Kier alpha value is -1.64. The number of rotatable bonds is 14. The molecule has 1 atom stereocenters. The predicted molar refractivity (Wildman–Crippen MR) is 121 cm³/mol. The van der Waals surface area contributed by atoms with Crippen molar-refractivity contribution in [2.24, 2.45) is 11.8 Å². The van der Waals surface area contributed by atoms with Crippen LogP contribution < -0.4 is 0 Å². The van der Waals surface area contributed by atoms with Gasteiger partial charge < -0.3 is 4.90 Å². The zero-order chi connectivity index (χ0) is 21.1. The van der Waals surface area contributed by atoms with Gasteiger partial charge in [-0.05, 0) is 30.2 Å². The van der Waals surface area contributed by atoms with E-state index in [-0.39, 0.29) is 0 Å². The Labute approximate surface area is 178 Å². The van der Waals surface area contributed by atoms with Crippen LogP contribution in [0.15, 0.2) is 30.3 Å². The number of ketones is 1. The largest absolute Gasteiger partial charge is 0.342 e. The monoisotopic (exact) mass is 399 g/mol. The van der Waals surface area contributed by atoms with Crippen LogP contribution >= 0.6 is 0 Å². The Morgan fingerprint density at radius 1 is 0.897 bits per heavy atom. The van der Waals surface area contributed by atoms with Crippen molar-refractivity contribution in [2.75, 3.05) is 13.1 Å². The van der Waals surface area contributed by atoms with Crippen molar-refractivity contribution < 1.29 is 9.59 Å². The van der Waals surface area contributed by atoms with Crippen molar-refractivity contribution in [3.05, 3.63) is 35.9 Å². The summed E-state index contributed by atoms with van der Waals surface area (Å²) in [6, 6.07) is 10.8. The van der Waals surface area contributed by atoms with E-state index >= 15 is 0 Å². The SMILES string of the molecule is CCC(=O)CCCCCCCCCC(=O)N1CC([C@@H](c2ccccc2)C(C)C)C1. The van der Waals surface area contributed by atoms with E-state index in [4.69, 9.17) is 0 Å². The van der Waals surface area contributed by atoms with E-state index in [2.05, 4.69) is 49.1 Å². The van der Waals surface area contributed by atoms with E-state index in [1.54, 1.807) is 0 Å². The highest BCUT2D eigenvalue weighted by Crippen LogP contribution is 2.37. The highest BCUT2D eigenvalue weighted by atomic mass is 16.2. The van der Waals surface area contributed by atoms with Crippen LogP contribution in [0.3, 0.4) is 0 Å². The molecule has 0 N–H and O–H groups in total. The summed E-state index contributed by atoms with van der Waals surface area (Å²) in [7, 11) is 0. The summed E-state index contributed by atoms with van der Waals surface area (Å²) in [5.41, 5.74) is 1.42. The quantitative estimate of drug-likeness (QED) is 0.341. The Balaban J connectivity index is 1.55. The maximum atomic E-state index is 12.5. The Kier molecular flexibility index (Phi) is 10.5. The van der Waals surface area contributed by atoms with Crippen LogP contribution in [-0.4, -0.2) is 29.7 Å². The normalized spacial score (nSPS) is 15.4. The first-order valence-electron chi connectivity index (χ1n) is 11.9. The Morgan fingerprint density at radius 3 is 2.00 bits per heavy atom. The molecule has 1 saturated heterocycles. The van der Waals surface area contributed by atoms with E-state index in [0.29, 0.717) is 42.3 Å². The minimum Gasteiger partial charge on any atom is -0.342 e. The number of hydrogen-bond acceptors (Lipinski definition) is 2. The molecule has 1 heterocycles. The number of carbonyl (C=O) groups excluding carboxylic acids is 2. The second-order valence-electron chi connectivity index (χ2n) is 9.11. The summed E-state index contributed by atoms with van der Waals surface area (Å²) >= 11 is 0. The van der Waals surface area contributed by atoms with Gasteiger partial charge in [0.15, 0.2) is 0 Å². The number of nitrogens with zero attached hydrogens (tertiary/aromatic N) is 1. The lowest BCUT2D eigenvalue weighted by Gasteiger charge is -2.45. The van der Waals surface area contributed by atoms with Gasteiger partial charge in [0.1, 0.15) is 5.78 Å². The molecule has 1 aromatic rings. The number of hydrogen-bond donors (Lipinski definition) is 0. The lowest BCUT2D eigenvalue weighted by atomic mass is 9.74. The lowest BCUT2D eigenvalue weighted by molar-refractivity contribution is -0.138. The molecule has 1 fully saturated rings. The third-order valence-corrected chi connectivity index (χ3v) is 6.41. The molecule has 0 saturated carbocycles. The first-order chi connectivity index (χ1) is 14.0. The topological polar surface area (TPSA) is 37.4 Å². The number of Topliss-reactive ketones (excluding diaryl/α,β-unsaturated/α-hetero) is 1. The van der Waals surface area contributed by atoms with Crippen LogP contribution in [-0.2, 0) is 9.59 Å². The van der Waals surface area contributed by atoms with Crippen molar-refractivity contribution in [2.45, 2.75) is 90.9 Å². The molecular weight excluding hydrogens is 358 g/mol. The van der Waals surface area contributed by atoms with Gasteiger partial charge >= 0.3 is 0 Å². The molecule has 1 aliphatic heterocycles. The number of carbonyl (C=O) groups is 2. The van der Waals surface area contributed by atoms with Crippen LogP contribution in [0.1, 0.15) is 96.5 Å².